The summed E-state index contributed by atoms with van der Waals surface area (Å²) in [6, 6.07) is 7.19. The molecule has 0 saturated carbocycles. The third-order valence-electron chi connectivity index (χ3n) is 3.09. The van der Waals surface area contributed by atoms with Crippen molar-refractivity contribution < 1.29 is 14.3 Å². The van der Waals surface area contributed by atoms with E-state index in [9.17, 15) is 9.59 Å². The normalized spacial score (nSPS) is 11.6. The number of esters is 1. The first-order chi connectivity index (χ1) is 9.36. The smallest absolute Gasteiger partial charge is 0.340 e. The summed E-state index contributed by atoms with van der Waals surface area (Å²) < 4.78 is 6.85. The number of carbonyl (C=O) groups is 2. The van der Waals surface area contributed by atoms with E-state index in [1.807, 2.05) is 44.0 Å². The van der Waals surface area contributed by atoms with Crippen molar-refractivity contribution in [2.75, 3.05) is 6.61 Å². The van der Waals surface area contributed by atoms with E-state index in [1.54, 1.807) is 17.4 Å². The van der Waals surface area contributed by atoms with Gasteiger partial charge in [-0.05, 0) is 25.1 Å². The van der Waals surface area contributed by atoms with Crippen molar-refractivity contribution in [2.24, 2.45) is 0 Å². The molecule has 0 aliphatic heterocycles. The van der Waals surface area contributed by atoms with E-state index >= 15 is 0 Å². The molecule has 0 amide bonds. The number of fused-ring (bicyclic) bond motifs is 1. The summed E-state index contributed by atoms with van der Waals surface area (Å²) in [6.45, 7) is 8.09. The summed E-state index contributed by atoms with van der Waals surface area (Å²) in [5, 5.41) is 0.134. The molecule has 2 aromatic rings. The molecule has 0 fully saturated rings. The van der Waals surface area contributed by atoms with E-state index in [0.717, 1.165) is 0 Å². The molecule has 0 saturated heterocycles. The highest BCUT2D eigenvalue weighted by Gasteiger charge is 2.29. The predicted octanol–water partition coefficient (Wildman–Crippen LogP) is 3.18. The van der Waals surface area contributed by atoms with Crippen LogP contribution < -0.4 is 0 Å². The average Bonchev–Trinajstić information content (AvgIpc) is 2.76. The lowest BCUT2D eigenvalue weighted by Crippen LogP contribution is -2.34. The molecular weight excluding hydrogens is 270 g/mol. The third-order valence-corrected chi connectivity index (χ3v) is 4.70. The fourth-order valence-electron chi connectivity index (χ4n) is 2.08. The fourth-order valence-corrected chi connectivity index (χ4v) is 3.05. The molecule has 5 heteroatoms. The standard InChI is InChI=1S/C15H19NO3Si/c1-5-19-14(17)11-10-13(15(18)20(2,3)4)16-9-7-6-8-12(11)16/h6-10H,5H2,1-4H3. The van der Waals surface area contributed by atoms with Crippen molar-refractivity contribution in [3.63, 3.8) is 0 Å². The molecule has 4 nitrogen and oxygen atoms in total. The van der Waals surface area contributed by atoms with Crippen molar-refractivity contribution in [1.82, 2.24) is 4.40 Å². The number of aromatic nitrogens is 1. The van der Waals surface area contributed by atoms with E-state index in [0.29, 0.717) is 23.4 Å². The Kier molecular flexibility index (Phi) is 3.81. The SMILES string of the molecule is CCOC(=O)c1cc(C(=O)[Si](C)(C)C)n2ccccc12. The highest BCUT2D eigenvalue weighted by Crippen LogP contribution is 2.21. The van der Waals surface area contributed by atoms with E-state index in [-0.39, 0.29) is 11.4 Å². The number of nitrogens with zero attached hydrogens (tertiary/aromatic N) is 1. The maximum absolute atomic E-state index is 12.6. The van der Waals surface area contributed by atoms with Crippen LogP contribution in [0.1, 0.15) is 27.8 Å². The molecule has 2 aromatic heterocycles. The van der Waals surface area contributed by atoms with Crippen LogP contribution in [0, 0.1) is 0 Å². The van der Waals surface area contributed by atoms with Crippen LogP contribution >= 0.6 is 0 Å². The van der Waals surface area contributed by atoms with Crippen LogP contribution in [0.3, 0.4) is 0 Å². The van der Waals surface area contributed by atoms with Gasteiger partial charge in [-0.1, -0.05) is 25.7 Å². The summed E-state index contributed by atoms with van der Waals surface area (Å²) in [5.41, 5.74) is 1.74. The van der Waals surface area contributed by atoms with Crippen LogP contribution in [0.5, 0.6) is 0 Å². The number of rotatable bonds is 4. The zero-order valence-electron chi connectivity index (χ0n) is 12.3. The molecule has 0 spiro atoms. The van der Waals surface area contributed by atoms with Crippen molar-refractivity contribution in [1.29, 1.82) is 0 Å². The van der Waals surface area contributed by atoms with Crippen molar-refractivity contribution in [2.45, 2.75) is 26.6 Å². The third kappa shape index (κ3) is 2.53. The van der Waals surface area contributed by atoms with Crippen molar-refractivity contribution in [3.8, 4) is 0 Å². The van der Waals surface area contributed by atoms with Crippen LogP contribution in [0.2, 0.25) is 19.6 Å². The Hall–Kier alpha value is -1.88. The van der Waals surface area contributed by atoms with Gasteiger partial charge < -0.3 is 9.14 Å². The summed E-state index contributed by atoms with van der Waals surface area (Å²) in [4.78, 5) is 24.6. The highest BCUT2D eigenvalue weighted by molar-refractivity contribution is 7.05. The molecule has 2 heterocycles. The minimum atomic E-state index is -1.97. The molecule has 0 aliphatic carbocycles. The molecule has 2 rings (SSSR count). The van der Waals surface area contributed by atoms with Gasteiger partial charge in [-0.2, -0.15) is 0 Å². The molecular formula is C15H19NO3Si. The van der Waals surface area contributed by atoms with Crippen LogP contribution in [0.15, 0.2) is 30.5 Å². The number of hydrogen-bond acceptors (Lipinski definition) is 3. The first-order valence-corrected chi connectivity index (χ1v) is 10.2. The van der Waals surface area contributed by atoms with Gasteiger partial charge in [0.25, 0.3) is 0 Å². The predicted molar refractivity (Wildman–Crippen MR) is 81.0 cm³/mol. The minimum Gasteiger partial charge on any atom is -0.462 e. The first kappa shape index (κ1) is 14.5. The van der Waals surface area contributed by atoms with Crippen LogP contribution in [0.4, 0.5) is 0 Å². The first-order valence-electron chi connectivity index (χ1n) is 6.68. The Morgan fingerprint density at radius 3 is 2.55 bits per heavy atom. The number of carbonyl (C=O) groups excluding carboxylic acids is 2. The quantitative estimate of drug-likeness (QED) is 0.641. The van der Waals surface area contributed by atoms with Crippen molar-refractivity contribution >= 4 is 25.0 Å². The van der Waals surface area contributed by atoms with Gasteiger partial charge in [0.15, 0.2) is 5.41 Å². The number of pyridine rings is 1. The van der Waals surface area contributed by atoms with Gasteiger partial charge in [0.1, 0.15) is 8.07 Å². The lowest BCUT2D eigenvalue weighted by atomic mass is 10.2. The second-order valence-corrected chi connectivity index (χ2v) is 10.7. The number of hydrogen-bond donors (Lipinski definition) is 0. The van der Waals surface area contributed by atoms with Gasteiger partial charge in [-0.15, -0.1) is 0 Å². The summed E-state index contributed by atoms with van der Waals surface area (Å²) in [7, 11) is -1.97. The topological polar surface area (TPSA) is 47.8 Å². The van der Waals surface area contributed by atoms with E-state index in [2.05, 4.69) is 0 Å². The minimum absolute atomic E-state index is 0.134. The lowest BCUT2D eigenvalue weighted by Gasteiger charge is -2.13. The van der Waals surface area contributed by atoms with E-state index < -0.39 is 8.07 Å². The van der Waals surface area contributed by atoms with E-state index in [4.69, 9.17) is 4.74 Å². The molecule has 106 valence electrons. The monoisotopic (exact) mass is 289 g/mol. The average molecular weight is 289 g/mol. The Bertz CT molecular complexity index is 667. The van der Waals surface area contributed by atoms with Gasteiger partial charge >= 0.3 is 5.97 Å². The maximum atomic E-state index is 12.6. The summed E-state index contributed by atoms with van der Waals surface area (Å²) in [6.07, 6.45) is 1.81. The molecule has 0 N–H and O–H groups in total. The lowest BCUT2D eigenvalue weighted by molar-refractivity contribution is 0.0529. The van der Waals surface area contributed by atoms with Gasteiger partial charge in [-0.3, -0.25) is 4.79 Å². The van der Waals surface area contributed by atoms with Gasteiger partial charge in [0.2, 0.25) is 0 Å². The Labute approximate surface area is 119 Å². The largest absolute Gasteiger partial charge is 0.462 e. The molecule has 20 heavy (non-hydrogen) atoms. The Morgan fingerprint density at radius 2 is 1.95 bits per heavy atom. The maximum Gasteiger partial charge on any atom is 0.340 e. The second-order valence-electron chi connectivity index (χ2n) is 5.70. The van der Waals surface area contributed by atoms with Gasteiger partial charge in [0.05, 0.1) is 23.4 Å². The fraction of sp³-hybridized carbons (Fsp3) is 0.333. The zero-order valence-corrected chi connectivity index (χ0v) is 13.3. The van der Waals surface area contributed by atoms with Crippen LogP contribution in [0.25, 0.3) is 5.52 Å². The van der Waals surface area contributed by atoms with E-state index in [1.165, 1.54) is 0 Å². The van der Waals surface area contributed by atoms with Crippen molar-refractivity contribution in [3.05, 3.63) is 41.7 Å². The summed E-state index contributed by atoms with van der Waals surface area (Å²) >= 11 is 0. The molecule has 0 radical (unpaired) electrons. The van der Waals surface area contributed by atoms with Crippen LogP contribution in [-0.4, -0.2) is 30.5 Å². The number of ether oxygens (including phenoxy) is 1. The zero-order chi connectivity index (χ0) is 14.9. The second kappa shape index (κ2) is 5.24. The van der Waals surface area contributed by atoms with Gasteiger partial charge in [0, 0.05) is 6.20 Å². The molecule has 0 atom stereocenters. The Balaban J connectivity index is 2.63. The Morgan fingerprint density at radius 1 is 1.25 bits per heavy atom. The molecule has 0 unspecified atom stereocenters. The molecule has 0 aromatic carbocycles. The van der Waals surface area contributed by atoms with Crippen LogP contribution in [-0.2, 0) is 4.74 Å². The highest BCUT2D eigenvalue weighted by atomic mass is 28.3. The molecule has 0 bridgehead atoms. The molecule has 0 aliphatic rings. The van der Waals surface area contributed by atoms with Gasteiger partial charge in [-0.25, -0.2) is 4.79 Å². The summed E-state index contributed by atoms with van der Waals surface area (Å²) in [5.74, 6) is -0.383.